The van der Waals surface area contributed by atoms with E-state index in [1.54, 1.807) is 12.1 Å². The second-order valence-corrected chi connectivity index (χ2v) is 7.28. The van der Waals surface area contributed by atoms with Crippen molar-refractivity contribution in [2.45, 2.75) is 6.42 Å². The number of halogens is 2. The SMILES string of the molecule is O=C(CN1C(=O)[C@@H]2[C@H](C1=O)[C@H]1C=C[C@H]2C1)Nc1ccc(Cl)cc1Cl. The quantitative estimate of drug-likeness (QED) is 0.662. The number of nitrogens with zero attached hydrogens (tertiary/aromatic N) is 1. The Hall–Kier alpha value is -1.85. The first kappa shape index (κ1) is 15.7. The van der Waals surface area contributed by atoms with Gasteiger partial charge in [0.05, 0.1) is 22.5 Å². The van der Waals surface area contributed by atoms with Crippen molar-refractivity contribution >= 4 is 46.6 Å². The molecule has 1 aromatic rings. The highest BCUT2D eigenvalue weighted by Crippen LogP contribution is 2.52. The predicted octanol–water partition coefficient (Wildman–Crippen LogP) is 2.74. The van der Waals surface area contributed by atoms with Crippen LogP contribution in [0.5, 0.6) is 0 Å². The summed E-state index contributed by atoms with van der Waals surface area (Å²) in [5.41, 5.74) is 0.395. The number of anilines is 1. The molecule has 2 fully saturated rings. The van der Waals surface area contributed by atoms with E-state index in [1.165, 1.54) is 6.07 Å². The van der Waals surface area contributed by atoms with Gasteiger partial charge in [-0.15, -0.1) is 0 Å². The number of carbonyl (C=O) groups is 3. The van der Waals surface area contributed by atoms with Crippen LogP contribution in [0.15, 0.2) is 30.4 Å². The van der Waals surface area contributed by atoms with Crippen molar-refractivity contribution in [3.63, 3.8) is 0 Å². The molecular formula is C17H14Cl2N2O3. The Kier molecular flexibility index (Phi) is 3.66. The van der Waals surface area contributed by atoms with Gasteiger partial charge in [0, 0.05) is 5.02 Å². The third kappa shape index (κ3) is 2.34. The van der Waals surface area contributed by atoms with Gasteiger partial charge in [0.25, 0.3) is 0 Å². The lowest BCUT2D eigenvalue weighted by Crippen LogP contribution is -2.39. The molecule has 2 aliphatic carbocycles. The molecule has 5 nitrogen and oxygen atoms in total. The molecule has 0 unspecified atom stereocenters. The van der Waals surface area contributed by atoms with Crippen LogP contribution < -0.4 is 5.32 Å². The molecule has 1 heterocycles. The number of nitrogens with one attached hydrogen (secondary N) is 1. The number of fused-ring (bicyclic) bond motifs is 5. The van der Waals surface area contributed by atoms with E-state index in [4.69, 9.17) is 23.2 Å². The van der Waals surface area contributed by atoms with E-state index in [9.17, 15) is 14.4 Å². The lowest BCUT2D eigenvalue weighted by Gasteiger charge is -2.17. The summed E-state index contributed by atoms with van der Waals surface area (Å²) in [5, 5.41) is 3.38. The first-order chi connectivity index (χ1) is 11.5. The molecule has 1 aliphatic heterocycles. The second-order valence-electron chi connectivity index (χ2n) is 6.43. The molecule has 2 bridgehead atoms. The number of carbonyl (C=O) groups excluding carboxylic acids is 3. The fourth-order valence-corrected chi connectivity index (χ4v) is 4.50. The Balaban J connectivity index is 1.47. The smallest absolute Gasteiger partial charge is 0.244 e. The standard InChI is InChI=1S/C17H14Cl2N2O3/c18-10-3-4-12(11(19)6-10)20-13(22)7-21-16(23)14-8-1-2-9(5-8)15(14)17(21)24/h1-4,6,8-9,14-15H,5,7H2,(H,20,22)/t8-,9-,14-,15+/m0/s1. The zero-order valence-corrected chi connectivity index (χ0v) is 14.1. The maximum absolute atomic E-state index is 12.5. The van der Waals surface area contributed by atoms with Gasteiger partial charge in [0.15, 0.2) is 0 Å². The van der Waals surface area contributed by atoms with Crippen molar-refractivity contribution in [2.75, 3.05) is 11.9 Å². The van der Waals surface area contributed by atoms with E-state index in [0.717, 1.165) is 11.3 Å². The molecule has 1 aromatic carbocycles. The Morgan fingerprint density at radius 3 is 2.33 bits per heavy atom. The zero-order chi connectivity index (χ0) is 17.0. The molecule has 0 radical (unpaired) electrons. The molecule has 4 rings (SSSR count). The third-order valence-electron chi connectivity index (χ3n) is 5.07. The minimum atomic E-state index is -0.457. The predicted molar refractivity (Wildman–Crippen MR) is 89.5 cm³/mol. The summed E-state index contributed by atoms with van der Waals surface area (Å²) in [6.45, 7) is -0.289. The summed E-state index contributed by atoms with van der Waals surface area (Å²) in [5.74, 6) is -1.25. The molecule has 7 heteroatoms. The van der Waals surface area contributed by atoms with Crippen molar-refractivity contribution in [3.8, 4) is 0 Å². The number of hydrogen-bond acceptors (Lipinski definition) is 3. The molecule has 1 saturated carbocycles. The number of likely N-dealkylation sites (tertiary alicyclic amines) is 1. The normalized spacial score (nSPS) is 30.2. The van der Waals surface area contributed by atoms with Crippen molar-refractivity contribution in [2.24, 2.45) is 23.7 Å². The lowest BCUT2D eigenvalue weighted by molar-refractivity contribution is -0.143. The molecule has 3 aliphatic rings. The highest BCUT2D eigenvalue weighted by atomic mass is 35.5. The van der Waals surface area contributed by atoms with E-state index in [1.807, 2.05) is 12.2 Å². The van der Waals surface area contributed by atoms with Crippen LogP contribution in [0.25, 0.3) is 0 Å². The van der Waals surface area contributed by atoms with Crippen LogP contribution in [-0.4, -0.2) is 29.2 Å². The van der Waals surface area contributed by atoms with Gasteiger partial charge in [0.1, 0.15) is 6.54 Å². The second kappa shape index (κ2) is 5.60. The summed E-state index contributed by atoms with van der Waals surface area (Å²) < 4.78 is 0. The molecule has 24 heavy (non-hydrogen) atoms. The van der Waals surface area contributed by atoms with E-state index < -0.39 is 5.91 Å². The average molecular weight is 365 g/mol. The summed E-state index contributed by atoms with van der Waals surface area (Å²) in [6, 6.07) is 4.69. The van der Waals surface area contributed by atoms with Crippen molar-refractivity contribution in [1.29, 1.82) is 0 Å². The van der Waals surface area contributed by atoms with E-state index in [2.05, 4.69) is 5.32 Å². The van der Waals surface area contributed by atoms with Gasteiger partial charge in [-0.1, -0.05) is 35.4 Å². The largest absolute Gasteiger partial charge is 0.323 e. The molecule has 3 amide bonds. The minimum absolute atomic E-state index is 0.134. The van der Waals surface area contributed by atoms with E-state index in [-0.39, 0.29) is 42.0 Å². The first-order valence-corrected chi connectivity index (χ1v) is 8.50. The topological polar surface area (TPSA) is 66.5 Å². The Morgan fingerprint density at radius 1 is 1.12 bits per heavy atom. The number of amides is 3. The summed E-state index contributed by atoms with van der Waals surface area (Å²) in [6.07, 6.45) is 4.91. The van der Waals surface area contributed by atoms with Gasteiger partial charge in [0.2, 0.25) is 17.7 Å². The third-order valence-corrected chi connectivity index (χ3v) is 5.62. The number of hydrogen-bond donors (Lipinski definition) is 1. The summed E-state index contributed by atoms with van der Waals surface area (Å²) in [7, 11) is 0. The lowest BCUT2D eigenvalue weighted by atomic mass is 9.85. The number of rotatable bonds is 3. The average Bonchev–Trinajstić information content (AvgIpc) is 3.20. The van der Waals surface area contributed by atoms with Gasteiger partial charge in [-0.25, -0.2) is 0 Å². The van der Waals surface area contributed by atoms with Crippen LogP contribution in [0, 0.1) is 23.7 Å². The maximum atomic E-state index is 12.5. The van der Waals surface area contributed by atoms with Crippen molar-refractivity contribution in [1.82, 2.24) is 4.90 Å². The Morgan fingerprint density at radius 2 is 1.75 bits per heavy atom. The van der Waals surface area contributed by atoms with Crippen LogP contribution in [-0.2, 0) is 14.4 Å². The number of benzene rings is 1. The highest BCUT2D eigenvalue weighted by Gasteiger charge is 2.59. The van der Waals surface area contributed by atoms with Crippen molar-refractivity contribution in [3.05, 3.63) is 40.4 Å². The molecule has 1 saturated heterocycles. The Labute approximate surface area is 148 Å². The maximum Gasteiger partial charge on any atom is 0.244 e. The number of allylic oxidation sites excluding steroid dienone is 2. The van der Waals surface area contributed by atoms with Crippen LogP contribution >= 0.6 is 23.2 Å². The van der Waals surface area contributed by atoms with Gasteiger partial charge >= 0.3 is 0 Å². The molecule has 124 valence electrons. The van der Waals surface area contributed by atoms with Crippen LogP contribution in [0.2, 0.25) is 10.0 Å². The molecule has 4 atom stereocenters. The van der Waals surface area contributed by atoms with Crippen molar-refractivity contribution < 1.29 is 14.4 Å². The summed E-state index contributed by atoms with van der Waals surface area (Å²) >= 11 is 11.8. The summed E-state index contributed by atoms with van der Waals surface area (Å²) in [4.78, 5) is 38.4. The van der Waals surface area contributed by atoms with E-state index in [0.29, 0.717) is 15.7 Å². The number of imide groups is 1. The zero-order valence-electron chi connectivity index (χ0n) is 12.5. The first-order valence-electron chi connectivity index (χ1n) is 7.74. The van der Waals surface area contributed by atoms with Gasteiger partial charge in [-0.05, 0) is 36.5 Å². The van der Waals surface area contributed by atoms with Gasteiger partial charge in [-0.3, -0.25) is 19.3 Å². The Bertz CT molecular complexity index is 762. The monoisotopic (exact) mass is 364 g/mol. The molecule has 0 spiro atoms. The van der Waals surface area contributed by atoms with Gasteiger partial charge < -0.3 is 5.32 Å². The molecule has 0 aromatic heterocycles. The van der Waals surface area contributed by atoms with Crippen LogP contribution in [0.1, 0.15) is 6.42 Å². The van der Waals surface area contributed by atoms with E-state index >= 15 is 0 Å². The van der Waals surface area contributed by atoms with Gasteiger partial charge in [-0.2, -0.15) is 0 Å². The molecular weight excluding hydrogens is 351 g/mol. The molecule has 1 N–H and O–H groups in total. The fourth-order valence-electron chi connectivity index (χ4n) is 4.04. The minimum Gasteiger partial charge on any atom is -0.323 e. The highest BCUT2D eigenvalue weighted by molar-refractivity contribution is 6.36. The van der Waals surface area contributed by atoms with Crippen LogP contribution in [0.4, 0.5) is 5.69 Å². The van der Waals surface area contributed by atoms with Crippen LogP contribution in [0.3, 0.4) is 0 Å². The fraction of sp³-hybridized carbons (Fsp3) is 0.353.